The molecule has 2 aromatic carbocycles. The normalized spacial score (nSPS) is 34.2. The number of anilines is 1. The highest BCUT2D eigenvalue weighted by molar-refractivity contribution is 7.90. The second-order valence-electron chi connectivity index (χ2n) is 15.8. The molecule has 2 aromatic rings. The molecule has 0 aromatic heterocycles. The molecule has 0 radical (unpaired) electrons. The van der Waals surface area contributed by atoms with Gasteiger partial charge >= 0.3 is 0 Å². The molecule has 2 N–H and O–H groups in total. The molecule has 1 amide bonds. The lowest BCUT2D eigenvalue weighted by Gasteiger charge is -2.49. The minimum atomic E-state index is -4.00. The number of halogens is 1. The first-order chi connectivity index (χ1) is 23.2. The standard InChI is InChI=1S/C38H48ClN3O6S/c1-24-7-5-16-38(44,19-34-40-36(3,4)22-48-34)31-12-9-28(31)20-42-21-37(15-6-8-26-17-29(39)11-13-30(26)37)23-47-33-14-10-27(18-32(33)42)35(43)41-49(45,46)25(24)2/h5,10-11,13-14,16-18,24-25,28,31,44H,6-9,12,15,19-23H2,1-4H3,(H,41,43)/b16-5-/t24-,25+,28-,31+,37-,38+/m0/s1. The Labute approximate surface area is 295 Å². The van der Waals surface area contributed by atoms with E-state index in [1.807, 2.05) is 39.0 Å². The molecule has 11 heteroatoms. The van der Waals surface area contributed by atoms with Gasteiger partial charge in [0.05, 0.1) is 35.1 Å². The lowest BCUT2D eigenvalue weighted by Crippen LogP contribution is -2.53. The predicted octanol–water partition coefficient (Wildman–Crippen LogP) is 6.21. The van der Waals surface area contributed by atoms with Gasteiger partial charge < -0.3 is 19.5 Å². The summed E-state index contributed by atoms with van der Waals surface area (Å²) in [7, 11) is -4.00. The van der Waals surface area contributed by atoms with E-state index < -0.39 is 26.8 Å². The van der Waals surface area contributed by atoms with Crippen LogP contribution in [0.4, 0.5) is 5.69 Å². The molecule has 3 aliphatic heterocycles. The number of hydrogen-bond acceptors (Lipinski definition) is 8. The summed E-state index contributed by atoms with van der Waals surface area (Å²) < 4.78 is 41.8. The third-order valence-electron chi connectivity index (χ3n) is 11.7. The number of ether oxygens (including phenoxy) is 2. The molecule has 7 rings (SSSR count). The average Bonchev–Trinajstić information content (AvgIpc) is 3.28. The Morgan fingerprint density at radius 1 is 1.10 bits per heavy atom. The van der Waals surface area contributed by atoms with Crippen molar-refractivity contribution in [3.63, 3.8) is 0 Å². The highest BCUT2D eigenvalue weighted by atomic mass is 35.5. The Balaban J connectivity index is 1.31. The summed E-state index contributed by atoms with van der Waals surface area (Å²) in [6, 6.07) is 11.4. The summed E-state index contributed by atoms with van der Waals surface area (Å²) in [6.07, 6.45) is 9.11. The Morgan fingerprint density at radius 3 is 2.65 bits per heavy atom. The van der Waals surface area contributed by atoms with Crippen molar-refractivity contribution in [2.75, 3.05) is 31.2 Å². The van der Waals surface area contributed by atoms with Crippen LogP contribution < -0.4 is 14.4 Å². The Morgan fingerprint density at radius 2 is 1.92 bits per heavy atom. The number of carbonyl (C=O) groups is 1. The number of benzene rings is 2. The SMILES string of the molecule is C[C@@H]1[C@@H](C)C/C=C\[C@@](O)(CC2=NC(C)(C)CO2)[C@@H]2CC[C@H]2CN2C[C@@]3(CCCc4cc(Cl)ccc43)COc3ccc(cc32)C(=O)NS1(=O)=O. The molecule has 2 aliphatic carbocycles. The smallest absolute Gasteiger partial charge is 0.264 e. The van der Waals surface area contributed by atoms with Crippen LogP contribution in [0.5, 0.6) is 5.75 Å². The summed E-state index contributed by atoms with van der Waals surface area (Å²) in [5.41, 5.74) is 1.59. The molecule has 0 unspecified atom stereocenters. The molecule has 5 aliphatic rings. The van der Waals surface area contributed by atoms with E-state index in [-0.39, 0.29) is 40.7 Å². The number of sulfonamides is 1. The van der Waals surface area contributed by atoms with Crippen molar-refractivity contribution in [1.82, 2.24) is 4.72 Å². The number of rotatable bonds is 2. The van der Waals surface area contributed by atoms with Gasteiger partial charge in [0.1, 0.15) is 12.4 Å². The fourth-order valence-electron chi connectivity index (χ4n) is 8.56. The number of aryl methyl sites for hydroxylation is 1. The number of aliphatic imine (C=N–C) groups is 1. The summed E-state index contributed by atoms with van der Waals surface area (Å²) in [5.74, 6) is 0.312. The van der Waals surface area contributed by atoms with Crippen LogP contribution in [0.1, 0.15) is 87.7 Å². The average molecular weight is 710 g/mol. The van der Waals surface area contributed by atoms with E-state index in [1.165, 1.54) is 11.1 Å². The number of allylic oxidation sites excluding steroid dienone is 1. The largest absolute Gasteiger partial charge is 0.490 e. The number of aliphatic hydroxyl groups is 1. The van der Waals surface area contributed by atoms with Crippen molar-refractivity contribution in [1.29, 1.82) is 0 Å². The van der Waals surface area contributed by atoms with Gasteiger partial charge in [0.2, 0.25) is 10.0 Å². The Bertz CT molecular complexity index is 1810. The van der Waals surface area contributed by atoms with Gasteiger partial charge in [0, 0.05) is 29.1 Å². The first-order valence-corrected chi connectivity index (χ1v) is 19.6. The number of hydrogen-bond donors (Lipinski definition) is 2. The van der Waals surface area contributed by atoms with Gasteiger partial charge in [-0.3, -0.25) is 4.79 Å². The number of fused-ring (bicyclic) bond motifs is 4. The Kier molecular flexibility index (Phi) is 8.84. The highest BCUT2D eigenvalue weighted by Gasteiger charge is 2.49. The molecule has 264 valence electrons. The first-order valence-electron chi connectivity index (χ1n) is 17.7. The lowest BCUT2D eigenvalue weighted by molar-refractivity contribution is -0.0424. The predicted molar refractivity (Wildman–Crippen MR) is 192 cm³/mol. The molecule has 3 heterocycles. The van der Waals surface area contributed by atoms with Crippen molar-refractivity contribution in [3.8, 4) is 5.75 Å². The van der Waals surface area contributed by atoms with Crippen molar-refractivity contribution < 1.29 is 27.8 Å². The molecule has 1 spiro atoms. The molecule has 49 heavy (non-hydrogen) atoms. The van der Waals surface area contributed by atoms with Crippen LogP contribution in [0.3, 0.4) is 0 Å². The van der Waals surface area contributed by atoms with Crippen LogP contribution in [0.2, 0.25) is 5.02 Å². The zero-order chi connectivity index (χ0) is 34.8. The highest BCUT2D eigenvalue weighted by Crippen LogP contribution is 2.49. The first kappa shape index (κ1) is 34.4. The monoisotopic (exact) mass is 709 g/mol. The summed E-state index contributed by atoms with van der Waals surface area (Å²) in [5, 5.41) is 12.4. The topological polar surface area (TPSA) is 118 Å². The molecule has 6 atom stereocenters. The molecule has 2 bridgehead atoms. The minimum Gasteiger partial charge on any atom is -0.490 e. The Hall–Kier alpha value is -3.08. The molecule has 9 nitrogen and oxygen atoms in total. The van der Waals surface area contributed by atoms with Crippen molar-refractivity contribution in [3.05, 3.63) is 70.3 Å². The summed E-state index contributed by atoms with van der Waals surface area (Å²) in [6.45, 7) is 9.73. The van der Waals surface area contributed by atoms with Gasteiger partial charge in [-0.15, -0.1) is 0 Å². The quantitative estimate of drug-likeness (QED) is 0.356. The van der Waals surface area contributed by atoms with Crippen molar-refractivity contribution in [2.24, 2.45) is 22.7 Å². The van der Waals surface area contributed by atoms with Gasteiger partial charge in [-0.05, 0) is 119 Å². The molecular formula is C38H48ClN3O6S. The summed E-state index contributed by atoms with van der Waals surface area (Å²) in [4.78, 5) is 20.6. The maximum absolute atomic E-state index is 13.5. The molecule has 1 saturated carbocycles. The van der Waals surface area contributed by atoms with Crippen LogP contribution in [0, 0.1) is 17.8 Å². The maximum atomic E-state index is 13.5. The van der Waals surface area contributed by atoms with E-state index in [4.69, 9.17) is 26.1 Å². The van der Waals surface area contributed by atoms with Gasteiger partial charge in [0.25, 0.3) is 5.91 Å². The van der Waals surface area contributed by atoms with E-state index in [9.17, 15) is 18.3 Å². The van der Waals surface area contributed by atoms with Gasteiger partial charge in [-0.25, -0.2) is 18.1 Å². The number of amides is 1. The van der Waals surface area contributed by atoms with E-state index in [0.717, 1.165) is 42.8 Å². The van der Waals surface area contributed by atoms with Gasteiger partial charge in [-0.1, -0.05) is 36.7 Å². The molecular weight excluding hydrogens is 662 g/mol. The number of carbonyl (C=O) groups excluding carboxylic acids is 1. The van der Waals surface area contributed by atoms with E-state index in [0.29, 0.717) is 44.4 Å². The van der Waals surface area contributed by atoms with E-state index >= 15 is 0 Å². The zero-order valence-electron chi connectivity index (χ0n) is 28.9. The van der Waals surface area contributed by atoms with E-state index in [2.05, 4.69) is 21.8 Å². The van der Waals surface area contributed by atoms with Crippen molar-refractivity contribution in [2.45, 2.75) is 94.4 Å². The van der Waals surface area contributed by atoms with Crippen molar-refractivity contribution >= 4 is 39.1 Å². The van der Waals surface area contributed by atoms with Crippen LogP contribution in [-0.2, 0) is 26.6 Å². The number of nitrogens with one attached hydrogen (secondary N) is 1. The number of nitrogens with zero attached hydrogens (tertiary/aromatic N) is 2. The third kappa shape index (κ3) is 6.61. The van der Waals surface area contributed by atoms with Crippen LogP contribution >= 0.6 is 11.6 Å². The van der Waals surface area contributed by atoms with Crippen LogP contribution in [-0.4, -0.2) is 68.0 Å². The second-order valence-corrected chi connectivity index (χ2v) is 18.3. The maximum Gasteiger partial charge on any atom is 0.264 e. The summed E-state index contributed by atoms with van der Waals surface area (Å²) >= 11 is 6.45. The van der Waals surface area contributed by atoms with E-state index in [1.54, 1.807) is 25.1 Å². The van der Waals surface area contributed by atoms with Crippen LogP contribution in [0.15, 0.2) is 53.5 Å². The second kappa shape index (κ2) is 12.6. The molecule has 1 fully saturated rings. The fraction of sp³-hybridized carbons (Fsp3) is 0.579. The van der Waals surface area contributed by atoms with Gasteiger partial charge in [0.15, 0.2) is 5.90 Å². The van der Waals surface area contributed by atoms with Crippen LogP contribution in [0.25, 0.3) is 0 Å². The lowest BCUT2D eigenvalue weighted by atomic mass is 9.63. The molecule has 0 saturated heterocycles. The minimum absolute atomic E-state index is 0.0735. The third-order valence-corrected chi connectivity index (χ3v) is 13.9. The van der Waals surface area contributed by atoms with Gasteiger partial charge in [-0.2, -0.15) is 0 Å². The zero-order valence-corrected chi connectivity index (χ0v) is 30.4. The fourth-order valence-corrected chi connectivity index (χ4v) is 10.0.